The number of aromatic amines is 1. The molecule has 1 aromatic heterocycles. The second-order valence-electron chi connectivity index (χ2n) is 10.6. The van der Waals surface area contributed by atoms with Crippen molar-refractivity contribution in [2.75, 3.05) is 5.32 Å². The van der Waals surface area contributed by atoms with Gasteiger partial charge in [0.1, 0.15) is 5.82 Å². The molecule has 4 fully saturated rings. The first kappa shape index (κ1) is 23.3. The van der Waals surface area contributed by atoms with Gasteiger partial charge in [0.15, 0.2) is 5.69 Å². The number of carbonyl (C=O) groups is 2. The van der Waals surface area contributed by atoms with Crippen LogP contribution in [0.3, 0.4) is 0 Å². The number of hydrogen-bond acceptors (Lipinski definition) is 4. The van der Waals surface area contributed by atoms with E-state index in [0.717, 1.165) is 37.0 Å². The molecule has 8 heteroatoms. The number of anilines is 1. The highest BCUT2D eigenvalue weighted by Crippen LogP contribution is 2.57. The summed E-state index contributed by atoms with van der Waals surface area (Å²) in [6.45, 7) is 0.252. The summed E-state index contributed by atoms with van der Waals surface area (Å²) in [5, 5.41) is 12.6. The summed E-state index contributed by atoms with van der Waals surface area (Å²) in [4.78, 5) is 32.6. The van der Waals surface area contributed by atoms with Crippen LogP contribution in [0.25, 0.3) is 11.4 Å². The lowest BCUT2D eigenvalue weighted by atomic mass is 9.54. The number of imidazole rings is 1. The molecule has 7 nitrogen and oxygen atoms in total. The topological polar surface area (TPSA) is 104 Å². The highest BCUT2D eigenvalue weighted by Gasteiger charge is 2.51. The maximum absolute atomic E-state index is 13.3. The van der Waals surface area contributed by atoms with Gasteiger partial charge in [-0.25, -0.2) is 9.78 Å². The molecule has 36 heavy (non-hydrogen) atoms. The van der Waals surface area contributed by atoms with E-state index in [1.54, 1.807) is 18.2 Å². The van der Waals surface area contributed by atoms with Crippen molar-refractivity contribution >= 4 is 29.2 Å². The van der Waals surface area contributed by atoms with E-state index in [2.05, 4.69) is 15.3 Å². The Bertz CT molecular complexity index is 1300. The molecule has 1 heterocycles. The number of ether oxygens (including phenoxy) is 1. The summed E-state index contributed by atoms with van der Waals surface area (Å²) in [6, 6.07) is 13.5. The normalized spacial score (nSPS) is 26.2. The van der Waals surface area contributed by atoms with Gasteiger partial charge in [-0.15, -0.1) is 0 Å². The van der Waals surface area contributed by atoms with Crippen LogP contribution < -0.4 is 5.32 Å². The molecule has 4 aliphatic rings. The van der Waals surface area contributed by atoms with E-state index >= 15 is 0 Å². The Morgan fingerprint density at radius 1 is 1.06 bits per heavy atom. The molecule has 0 unspecified atom stereocenters. The SMILES string of the molecule is O=C(O)c1cccc(NC(=O)c2nc(-c3ccccc3Cl)[nH]c2COC23CC4CC(CC(C4)C2)C3)c1. The van der Waals surface area contributed by atoms with E-state index < -0.39 is 11.9 Å². The van der Waals surface area contributed by atoms with Crippen LogP contribution in [-0.4, -0.2) is 32.6 Å². The maximum atomic E-state index is 13.3. The summed E-state index contributed by atoms with van der Waals surface area (Å²) in [7, 11) is 0. The number of rotatable bonds is 7. The molecule has 0 atom stereocenters. The Balaban J connectivity index is 1.29. The van der Waals surface area contributed by atoms with Crippen LogP contribution in [0.15, 0.2) is 48.5 Å². The highest BCUT2D eigenvalue weighted by molar-refractivity contribution is 6.33. The summed E-state index contributed by atoms with van der Waals surface area (Å²) in [6.07, 6.45) is 7.25. The predicted molar refractivity (Wildman–Crippen MR) is 136 cm³/mol. The fourth-order valence-electron chi connectivity index (χ4n) is 6.84. The Morgan fingerprint density at radius 2 is 1.75 bits per heavy atom. The monoisotopic (exact) mass is 505 g/mol. The van der Waals surface area contributed by atoms with E-state index in [0.29, 0.717) is 27.8 Å². The first-order chi connectivity index (χ1) is 17.4. The molecule has 186 valence electrons. The van der Waals surface area contributed by atoms with Gasteiger partial charge in [-0.3, -0.25) is 4.79 Å². The van der Waals surface area contributed by atoms with Crippen LogP contribution in [0.2, 0.25) is 5.02 Å². The van der Waals surface area contributed by atoms with Crippen molar-refractivity contribution in [2.45, 2.75) is 50.7 Å². The van der Waals surface area contributed by atoms with Crippen LogP contribution in [0.1, 0.15) is 65.1 Å². The van der Waals surface area contributed by atoms with Gasteiger partial charge in [-0.05, 0) is 86.6 Å². The molecule has 0 radical (unpaired) electrons. The van der Waals surface area contributed by atoms with E-state index in [-0.39, 0.29) is 23.5 Å². The molecule has 4 saturated carbocycles. The van der Waals surface area contributed by atoms with Crippen LogP contribution in [0, 0.1) is 17.8 Å². The van der Waals surface area contributed by atoms with Crippen LogP contribution in [0.4, 0.5) is 5.69 Å². The molecule has 3 N–H and O–H groups in total. The van der Waals surface area contributed by atoms with Gasteiger partial charge in [0.05, 0.1) is 28.5 Å². The van der Waals surface area contributed by atoms with Gasteiger partial charge in [-0.1, -0.05) is 29.8 Å². The molecule has 4 bridgehead atoms. The molecular weight excluding hydrogens is 478 g/mol. The lowest BCUT2D eigenvalue weighted by Crippen LogP contribution is -2.51. The van der Waals surface area contributed by atoms with Crippen molar-refractivity contribution in [1.82, 2.24) is 9.97 Å². The molecule has 0 saturated heterocycles. The fourth-order valence-corrected chi connectivity index (χ4v) is 7.06. The molecule has 7 rings (SSSR count). The van der Waals surface area contributed by atoms with Crippen molar-refractivity contribution in [3.8, 4) is 11.4 Å². The molecule has 2 aromatic carbocycles. The van der Waals surface area contributed by atoms with Crippen LogP contribution in [-0.2, 0) is 11.3 Å². The maximum Gasteiger partial charge on any atom is 0.335 e. The lowest BCUT2D eigenvalue weighted by Gasteiger charge is -2.56. The summed E-state index contributed by atoms with van der Waals surface area (Å²) in [5.41, 5.74) is 1.87. The van der Waals surface area contributed by atoms with Crippen LogP contribution in [0.5, 0.6) is 0 Å². The quantitative estimate of drug-likeness (QED) is 0.356. The number of halogens is 1. The number of amides is 1. The Hall–Kier alpha value is -3.16. The Kier molecular flexibility index (Phi) is 5.85. The number of carbonyl (C=O) groups excluding carboxylic acids is 1. The average molecular weight is 506 g/mol. The number of carboxylic acids is 1. The van der Waals surface area contributed by atoms with Gasteiger partial charge in [0, 0.05) is 11.3 Å². The van der Waals surface area contributed by atoms with Crippen LogP contribution >= 0.6 is 11.6 Å². The minimum atomic E-state index is -1.06. The zero-order chi connectivity index (χ0) is 24.9. The molecule has 0 aliphatic heterocycles. The second kappa shape index (κ2) is 9.05. The third-order valence-electron chi connectivity index (χ3n) is 7.99. The highest BCUT2D eigenvalue weighted by atomic mass is 35.5. The van der Waals surface area contributed by atoms with Crippen molar-refractivity contribution in [3.05, 3.63) is 70.5 Å². The molecular formula is C28H28ClN3O4. The van der Waals surface area contributed by atoms with Crippen molar-refractivity contribution < 1.29 is 19.4 Å². The number of carboxylic acid groups (broad SMARTS) is 1. The summed E-state index contributed by atoms with van der Waals surface area (Å²) >= 11 is 6.42. The Morgan fingerprint density at radius 3 is 2.42 bits per heavy atom. The van der Waals surface area contributed by atoms with E-state index in [4.69, 9.17) is 16.3 Å². The fraction of sp³-hybridized carbons (Fsp3) is 0.393. The number of nitrogens with one attached hydrogen (secondary N) is 2. The first-order valence-corrected chi connectivity index (χ1v) is 12.9. The number of nitrogens with zero attached hydrogens (tertiary/aromatic N) is 1. The summed E-state index contributed by atoms with van der Waals surface area (Å²) < 4.78 is 6.64. The predicted octanol–water partition coefficient (Wildman–Crippen LogP) is 6.17. The van der Waals surface area contributed by atoms with Gasteiger partial charge >= 0.3 is 5.97 Å². The zero-order valence-corrected chi connectivity index (χ0v) is 20.6. The molecule has 3 aromatic rings. The second-order valence-corrected chi connectivity index (χ2v) is 11.0. The Labute approximate surface area is 214 Å². The van der Waals surface area contributed by atoms with Crippen molar-refractivity contribution in [3.63, 3.8) is 0 Å². The van der Waals surface area contributed by atoms with E-state index in [1.165, 1.54) is 31.4 Å². The van der Waals surface area contributed by atoms with Crippen molar-refractivity contribution in [1.29, 1.82) is 0 Å². The van der Waals surface area contributed by atoms with E-state index in [9.17, 15) is 14.7 Å². The van der Waals surface area contributed by atoms with Gasteiger partial charge < -0.3 is 20.1 Å². The third-order valence-corrected chi connectivity index (χ3v) is 8.32. The molecule has 4 aliphatic carbocycles. The average Bonchev–Trinajstić information content (AvgIpc) is 3.27. The summed E-state index contributed by atoms with van der Waals surface area (Å²) in [5.74, 6) is 1.25. The van der Waals surface area contributed by atoms with Gasteiger partial charge in [0.2, 0.25) is 0 Å². The number of aromatic carboxylic acids is 1. The largest absolute Gasteiger partial charge is 0.478 e. The molecule has 1 amide bonds. The number of H-pyrrole nitrogens is 1. The van der Waals surface area contributed by atoms with Gasteiger partial charge in [0.25, 0.3) is 5.91 Å². The lowest BCUT2D eigenvalue weighted by molar-refractivity contribution is -0.169. The number of hydrogen-bond donors (Lipinski definition) is 3. The van der Waals surface area contributed by atoms with Gasteiger partial charge in [-0.2, -0.15) is 0 Å². The van der Waals surface area contributed by atoms with E-state index in [1.807, 2.05) is 18.2 Å². The zero-order valence-electron chi connectivity index (χ0n) is 19.8. The molecule has 0 spiro atoms. The minimum absolute atomic E-state index is 0.0944. The standard InChI is InChI=1S/C28H28ClN3O4/c29-22-7-2-1-6-21(22)25-31-23(15-36-28-12-16-8-17(13-28)10-18(9-16)14-28)24(32-25)26(33)30-20-5-3-4-19(11-20)27(34)35/h1-7,11,16-18H,8-10,12-15H2,(H,30,33)(H,31,32)(H,34,35). The third kappa shape index (κ3) is 4.42. The van der Waals surface area contributed by atoms with Crippen molar-refractivity contribution in [2.24, 2.45) is 17.8 Å². The number of benzene rings is 2. The first-order valence-electron chi connectivity index (χ1n) is 12.5. The minimum Gasteiger partial charge on any atom is -0.478 e. The smallest absolute Gasteiger partial charge is 0.335 e. The number of aromatic nitrogens is 2.